The van der Waals surface area contributed by atoms with Crippen LogP contribution in [0.4, 0.5) is 0 Å². The largest absolute Gasteiger partial charge is 0.508 e. The van der Waals surface area contributed by atoms with Crippen LogP contribution in [0.15, 0.2) is 48.0 Å². The highest BCUT2D eigenvalue weighted by atomic mass is 32.1. The van der Waals surface area contributed by atoms with Gasteiger partial charge in [0.25, 0.3) is 0 Å². The number of phenolic OH excluding ortho intramolecular Hbond substituents is 1. The molecule has 4 rings (SSSR count). The first-order valence-corrected chi connectivity index (χ1v) is 14.5. The molecule has 38 heavy (non-hydrogen) atoms. The van der Waals surface area contributed by atoms with Crippen molar-refractivity contribution >= 4 is 18.6 Å². The fourth-order valence-electron chi connectivity index (χ4n) is 6.00. The molecule has 0 radical (unpaired) electrons. The van der Waals surface area contributed by atoms with Gasteiger partial charge in [0.1, 0.15) is 22.8 Å². The number of ether oxygens (including phenoxy) is 2. The van der Waals surface area contributed by atoms with Crippen LogP contribution in [-0.2, 0) is 10.2 Å². The number of hydrogen-bond donors (Lipinski definition) is 3. The maximum atomic E-state index is 13.1. The molecule has 3 atom stereocenters. The van der Waals surface area contributed by atoms with E-state index in [1.165, 1.54) is 19.3 Å². The Morgan fingerprint density at radius 3 is 2.58 bits per heavy atom. The Labute approximate surface area is 233 Å². The second-order valence-electron chi connectivity index (χ2n) is 12.1. The van der Waals surface area contributed by atoms with E-state index in [9.17, 15) is 9.90 Å². The van der Waals surface area contributed by atoms with Gasteiger partial charge in [-0.3, -0.25) is 0 Å². The van der Waals surface area contributed by atoms with Gasteiger partial charge in [-0.15, -0.1) is 0 Å². The van der Waals surface area contributed by atoms with Crippen LogP contribution in [0.3, 0.4) is 0 Å². The predicted octanol–water partition coefficient (Wildman–Crippen LogP) is 7.72. The summed E-state index contributed by atoms with van der Waals surface area (Å²) in [5.74, 6) is 1.21. The highest BCUT2D eigenvalue weighted by Gasteiger charge is 2.47. The molecule has 5 nitrogen and oxygen atoms in total. The zero-order chi connectivity index (χ0) is 27.7. The van der Waals surface area contributed by atoms with Crippen molar-refractivity contribution in [3.63, 3.8) is 0 Å². The molecule has 6 heteroatoms. The number of thiol groups is 1. The van der Waals surface area contributed by atoms with Crippen molar-refractivity contribution in [1.29, 1.82) is 0 Å². The highest BCUT2D eigenvalue weighted by Crippen LogP contribution is 2.55. The summed E-state index contributed by atoms with van der Waals surface area (Å²) < 4.78 is 12.2. The average Bonchev–Trinajstić information content (AvgIpc) is 2.86. The Kier molecular flexibility index (Phi) is 8.53. The third-order valence-corrected chi connectivity index (χ3v) is 8.73. The van der Waals surface area contributed by atoms with Crippen LogP contribution in [0.1, 0.15) is 108 Å². The molecule has 206 valence electrons. The lowest BCUT2D eigenvalue weighted by molar-refractivity contribution is -0.130. The molecule has 3 N–H and O–H groups in total. The van der Waals surface area contributed by atoms with E-state index in [0.29, 0.717) is 24.2 Å². The maximum Gasteiger partial charge on any atom is 0.339 e. The van der Waals surface area contributed by atoms with Crippen molar-refractivity contribution in [1.82, 2.24) is 0 Å². The fraction of sp³-hybridized carbons (Fsp3) is 0.531. The summed E-state index contributed by atoms with van der Waals surface area (Å²) in [4.78, 5) is 13.1. The van der Waals surface area contributed by atoms with E-state index >= 15 is 0 Å². The van der Waals surface area contributed by atoms with Crippen LogP contribution < -0.4 is 15.2 Å². The Hall–Kier alpha value is -2.44. The Morgan fingerprint density at radius 1 is 1.21 bits per heavy atom. The molecule has 0 aromatic heterocycles. The van der Waals surface area contributed by atoms with Crippen LogP contribution >= 0.6 is 12.6 Å². The highest BCUT2D eigenvalue weighted by molar-refractivity contribution is 7.80. The third-order valence-electron chi connectivity index (χ3n) is 8.43. The summed E-state index contributed by atoms with van der Waals surface area (Å²) in [6.45, 7) is 10.9. The Bertz CT molecular complexity index is 1180. The standard InChI is InChI=1S/C32H43NO4S/c1-6-7-8-9-16-31(2,3)22-18-26(34)28-24-17-21(12-15-25(24)32(4,5)37-27(28)19-22)30(35)36-23-13-10-20(11-14-23)29(33)38/h10-14,18-19,24-25,29,34,38H,6-9,15-17,33H2,1-5H3/t24-,25-,29?/m1/s1. The first-order valence-electron chi connectivity index (χ1n) is 13.9. The summed E-state index contributed by atoms with van der Waals surface area (Å²) in [7, 11) is 0. The fourth-order valence-corrected chi connectivity index (χ4v) is 6.17. The van der Waals surface area contributed by atoms with Gasteiger partial charge in [-0.05, 0) is 73.9 Å². The number of carbonyl (C=O) groups is 1. The molecule has 1 aliphatic carbocycles. The summed E-state index contributed by atoms with van der Waals surface area (Å²) in [6.07, 6.45) is 9.06. The Morgan fingerprint density at radius 2 is 1.92 bits per heavy atom. The van der Waals surface area contributed by atoms with Gasteiger partial charge in [0.2, 0.25) is 0 Å². The molecule has 0 bridgehead atoms. The number of hydrogen-bond acceptors (Lipinski definition) is 6. The van der Waals surface area contributed by atoms with Crippen molar-refractivity contribution in [2.75, 3.05) is 0 Å². The molecule has 2 aromatic carbocycles. The van der Waals surface area contributed by atoms with Gasteiger partial charge < -0.3 is 20.3 Å². The molecule has 0 fully saturated rings. The number of nitrogens with two attached hydrogens (primary N) is 1. The summed E-state index contributed by atoms with van der Waals surface area (Å²) in [5, 5.41) is 10.9. The van der Waals surface area contributed by atoms with Gasteiger partial charge in [0.15, 0.2) is 0 Å². The molecule has 1 aliphatic heterocycles. The molecule has 1 heterocycles. The van der Waals surface area contributed by atoms with E-state index < -0.39 is 5.60 Å². The van der Waals surface area contributed by atoms with Crippen molar-refractivity contribution in [3.8, 4) is 17.2 Å². The number of rotatable bonds is 9. The Balaban J connectivity index is 1.57. The van der Waals surface area contributed by atoms with Gasteiger partial charge in [-0.25, -0.2) is 4.79 Å². The van der Waals surface area contributed by atoms with Crippen molar-refractivity contribution in [2.24, 2.45) is 11.7 Å². The predicted molar refractivity (Wildman–Crippen MR) is 156 cm³/mol. The van der Waals surface area contributed by atoms with E-state index in [2.05, 4.69) is 53.3 Å². The van der Waals surface area contributed by atoms with Gasteiger partial charge in [0, 0.05) is 23.0 Å². The number of fused-ring (bicyclic) bond motifs is 3. The van der Waals surface area contributed by atoms with E-state index in [4.69, 9.17) is 15.2 Å². The quantitative estimate of drug-likeness (QED) is 0.100. The molecular formula is C32H43NO4S. The van der Waals surface area contributed by atoms with E-state index in [1.54, 1.807) is 12.1 Å². The van der Waals surface area contributed by atoms with Crippen LogP contribution in [0.5, 0.6) is 17.2 Å². The van der Waals surface area contributed by atoms with Gasteiger partial charge in [-0.2, -0.15) is 12.6 Å². The molecule has 0 amide bonds. The van der Waals surface area contributed by atoms with Crippen LogP contribution in [-0.4, -0.2) is 16.7 Å². The number of allylic oxidation sites excluding steroid dienone is 1. The van der Waals surface area contributed by atoms with Gasteiger partial charge >= 0.3 is 5.97 Å². The first-order chi connectivity index (χ1) is 17.9. The normalized spacial score (nSPS) is 21.0. The van der Waals surface area contributed by atoms with Crippen LogP contribution in [0.2, 0.25) is 0 Å². The summed E-state index contributed by atoms with van der Waals surface area (Å²) in [6, 6.07) is 11.1. The van der Waals surface area contributed by atoms with E-state index in [1.807, 2.05) is 24.3 Å². The number of benzene rings is 2. The zero-order valence-electron chi connectivity index (χ0n) is 23.4. The maximum absolute atomic E-state index is 13.1. The lowest BCUT2D eigenvalue weighted by Crippen LogP contribution is -2.46. The molecule has 0 saturated heterocycles. The minimum atomic E-state index is -0.429. The van der Waals surface area contributed by atoms with Crippen molar-refractivity contribution < 1.29 is 19.4 Å². The minimum absolute atomic E-state index is 0.0347. The topological polar surface area (TPSA) is 81.8 Å². The SMILES string of the molecule is CCCCCCC(C)(C)c1cc(O)c2c(c1)OC(C)(C)[C@@H]1CC=C(C(=O)Oc3ccc(C(N)S)cc3)C[C@@H]21. The number of esters is 1. The number of carbonyl (C=O) groups excluding carboxylic acids is 1. The molecule has 0 spiro atoms. The van der Waals surface area contributed by atoms with Crippen molar-refractivity contribution in [2.45, 2.75) is 102 Å². The molecule has 2 aliphatic rings. The number of aromatic hydroxyl groups is 1. The number of unbranched alkanes of at least 4 members (excludes halogenated alkanes) is 3. The number of phenols is 1. The smallest absolute Gasteiger partial charge is 0.339 e. The van der Waals surface area contributed by atoms with Gasteiger partial charge in [0.05, 0.1) is 5.37 Å². The van der Waals surface area contributed by atoms with E-state index in [0.717, 1.165) is 35.3 Å². The molecule has 1 unspecified atom stereocenters. The van der Waals surface area contributed by atoms with E-state index in [-0.39, 0.29) is 34.3 Å². The second-order valence-corrected chi connectivity index (χ2v) is 12.6. The van der Waals surface area contributed by atoms with Gasteiger partial charge in [-0.1, -0.05) is 64.7 Å². The minimum Gasteiger partial charge on any atom is -0.508 e. The molecular weight excluding hydrogens is 494 g/mol. The first kappa shape index (κ1) is 28.6. The van der Waals surface area contributed by atoms with Crippen LogP contribution in [0.25, 0.3) is 0 Å². The monoisotopic (exact) mass is 537 g/mol. The van der Waals surface area contributed by atoms with Crippen molar-refractivity contribution in [3.05, 3.63) is 64.7 Å². The summed E-state index contributed by atoms with van der Waals surface area (Å²) >= 11 is 4.24. The second kappa shape index (κ2) is 11.4. The molecule has 0 saturated carbocycles. The molecule has 2 aromatic rings. The zero-order valence-corrected chi connectivity index (χ0v) is 24.3. The summed E-state index contributed by atoms with van der Waals surface area (Å²) in [5.41, 5.74) is 8.69. The third kappa shape index (κ3) is 6.07. The lowest BCUT2D eigenvalue weighted by Gasteiger charge is -2.47. The average molecular weight is 538 g/mol. The van der Waals surface area contributed by atoms with Crippen LogP contribution in [0, 0.1) is 5.92 Å². The lowest BCUT2D eigenvalue weighted by atomic mass is 9.66.